The standard InChI is InChI=1S/C26H28Cl2FN3O4/c1-25(2,3)24-26(13-30,14-7-9-15(27)10-8-14)20(17-5-4-6-18(28)21(17)29)22(32-24)23(35)36-12-16(33)11-19(31)34/h4-10,16,20,22,24,32-33H,11-12H2,1-3H3,(H2,31,34)/t16-,20?,22?,24?,26?/m0/s1. The lowest BCUT2D eigenvalue weighted by atomic mass is 9.60. The van der Waals surface area contributed by atoms with Gasteiger partial charge in [0.1, 0.15) is 23.9 Å². The Morgan fingerprint density at radius 3 is 2.44 bits per heavy atom. The number of halogens is 3. The first-order valence-corrected chi connectivity index (χ1v) is 12.1. The van der Waals surface area contributed by atoms with Crippen LogP contribution < -0.4 is 11.1 Å². The molecule has 1 aliphatic rings. The zero-order valence-electron chi connectivity index (χ0n) is 20.1. The second-order valence-electron chi connectivity index (χ2n) is 10.0. The Hall–Kier alpha value is -2.70. The van der Waals surface area contributed by atoms with E-state index in [1.807, 2.05) is 20.8 Å². The smallest absolute Gasteiger partial charge is 0.323 e. The molecular formula is C26H28Cl2FN3O4. The Balaban J connectivity index is 2.20. The number of primary amides is 1. The summed E-state index contributed by atoms with van der Waals surface area (Å²) in [4.78, 5) is 24.5. The van der Waals surface area contributed by atoms with Crippen molar-refractivity contribution in [3.05, 3.63) is 69.5 Å². The molecule has 2 aromatic carbocycles. The maximum Gasteiger partial charge on any atom is 0.323 e. The molecule has 3 rings (SSSR count). The predicted molar refractivity (Wildman–Crippen MR) is 134 cm³/mol. The predicted octanol–water partition coefficient (Wildman–Crippen LogP) is 3.84. The molecule has 0 bridgehead atoms. The Morgan fingerprint density at radius 1 is 1.25 bits per heavy atom. The molecule has 1 aliphatic heterocycles. The zero-order chi connectivity index (χ0) is 26.8. The van der Waals surface area contributed by atoms with Crippen LogP contribution in [0.1, 0.15) is 44.2 Å². The number of aliphatic hydroxyl groups excluding tert-OH is 1. The molecule has 0 radical (unpaired) electrons. The minimum Gasteiger partial charge on any atom is -0.462 e. The maximum atomic E-state index is 15.5. The van der Waals surface area contributed by atoms with Gasteiger partial charge < -0.3 is 15.6 Å². The molecule has 1 fully saturated rings. The first-order chi connectivity index (χ1) is 16.8. The highest BCUT2D eigenvalue weighted by Gasteiger charge is 2.63. The van der Waals surface area contributed by atoms with E-state index in [4.69, 9.17) is 33.7 Å². The molecule has 0 saturated carbocycles. The second-order valence-corrected chi connectivity index (χ2v) is 10.8. The third kappa shape index (κ3) is 5.35. The number of hydrogen-bond acceptors (Lipinski definition) is 6. The first-order valence-electron chi connectivity index (χ1n) is 11.3. The van der Waals surface area contributed by atoms with Crippen molar-refractivity contribution in [1.29, 1.82) is 5.26 Å². The third-order valence-electron chi connectivity index (χ3n) is 6.42. The molecule has 2 aromatic rings. The summed E-state index contributed by atoms with van der Waals surface area (Å²) in [7, 11) is 0. The SMILES string of the molecule is CC(C)(C)C1NC(C(=O)OC[C@@H](O)CC(N)=O)C(c2cccc(Cl)c2F)C1(C#N)c1ccc(Cl)cc1. The Labute approximate surface area is 219 Å². The molecule has 1 saturated heterocycles. The van der Waals surface area contributed by atoms with Crippen molar-refractivity contribution in [2.75, 3.05) is 6.61 Å². The molecule has 7 nitrogen and oxygen atoms in total. The minimum absolute atomic E-state index is 0.0675. The van der Waals surface area contributed by atoms with Gasteiger partial charge in [0.05, 0.1) is 23.6 Å². The van der Waals surface area contributed by atoms with Crippen molar-refractivity contribution in [3.8, 4) is 6.07 Å². The van der Waals surface area contributed by atoms with Gasteiger partial charge in [0.25, 0.3) is 0 Å². The summed E-state index contributed by atoms with van der Waals surface area (Å²) in [6.07, 6.45) is -1.69. The molecule has 5 atom stereocenters. The van der Waals surface area contributed by atoms with Gasteiger partial charge in [-0.25, -0.2) is 4.39 Å². The number of aliphatic hydroxyl groups is 1. The van der Waals surface area contributed by atoms with E-state index in [-0.39, 0.29) is 10.6 Å². The molecule has 4 N–H and O–H groups in total. The molecule has 10 heteroatoms. The molecule has 36 heavy (non-hydrogen) atoms. The number of rotatable bonds is 7. The summed E-state index contributed by atoms with van der Waals surface area (Å²) in [5.41, 5.74) is 3.68. The van der Waals surface area contributed by atoms with Crippen LogP contribution in [0.2, 0.25) is 10.0 Å². The highest BCUT2D eigenvalue weighted by molar-refractivity contribution is 6.31. The number of nitrogens with zero attached hydrogens (tertiary/aromatic N) is 1. The van der Waals surface area contributed by atoms with Crippen molar-refractivity contribution in [2.45, 2.75) is 56.7 Å². The lowest BCUT2D eigenvalue weighted by molar-refractivity contribution is -0.150. The average Bonchev–Trinajstić information content (AvgIpc) is 3.16. The number of nitrogens with two attached hydrogens (primary N) is 1. The van der Waals surface area contributed by atoms with Crippen LogP contribution in [0, 0.1) is 22.6 Å². The molecule has 0 aliphatic carbocycles. The van der Waals surface area contributed by atoms with Gasteiger partial charge in [0.15, 0.2) is 0 Å². The largest absolute Gasteiger partial charge is 0.462 e. The highest BCUT2D eigenvalue weighted by atomic mass is 35.5. The normalized spacial score (nSPS) is 24.7. The van der Waals surface area contributed by atoms with Crippen molar-refractivity contribution in [2.24, 2.45) is 11.1 Å². The van der Waals surface area contributed by atoms with Crippen molar-refractivity contribution >= 4 is 35.1 Å². The molecule has 4 unspecified atom stereocenters. The third-order valence-corrected chi connectivity index (χ3v) is 6.97. The quantitative estimate of drug-likeness (QED) is 0.462. The van der Waals surface area contributed by atoms with Gasteiger partial charge in [0, 0.05) is 17.0 Å². The van der Waals surface area contributed by atoms with Crippen LogP contribution in [0.5, 0.6) is 0 Å². The topological polar surface area (TPSA) is 125 Å². The Morgan fingerprint density at radius 2 is 1.89 bits per heavy atom. The lowest BCUT2D eigenvalue weighted by Crippen LogP contribution is -2.50. The Kier molecular flexibility index (Phi) is 8.31. The van der Waals surface area contributed by atoms with Crippen molar-refractivity contribution in [1.82, 2.24) is 5.32 Å². The second kappa shape index (κ2) is 10.7. The van der Waals surface area contributed by atoms with Crippen LogP contribution in [-0.2, 0) is 19.7 Å². The minimum atomic E-state index is -1.44. The average molecular weight is 536 g/mol. The number of amides is 1. The van der Waals surface area contributed by atoms with E-state index in [1.165, 1.54) is 12.1 Å². The summed E-state index contributed by atoms with van der Waals surface area (Å²) in [5, 5.41) is 24.3. The molecule has 1 amide bonds. The number of carbonyl (C=O) groups is 2. The fraction of sp³-hybridized carbons (Fsp3) is 0.423. The van der Waals surface area contributed by atoms with E-state index in [1.54, 1.807) is 30.3 Å². The van der Waals surface area contributed by atoms with Gasteiger partial charge in [-0.2, -0.15) is 5.26 Å². The summed E-state index contributed by atoms with van der Waals surface area (Å²) in [6, 6.07) is 11.6. The van der Waals surface area contributed by atoms with Gasteiger partial charge in [-0.3, -0.25) is 14.9 Å². The summed E-state index contributed by atoms with van der Waals surface area (Å²) in [5.74, 6) is -3.38. The van der Waals surface area contributed by atoms with Gasteiger partial charge in [0.2, 0.25) is 5.91 Å². The molecule has 1 heterocycles. The molecule has 0 spiro atoms. The number of nitriles is 1. The molecule has 0 aromatic heterocycles. The fourth-order valence-electron chi connectivity index (χ4n) is 5.00. The summed E-state index contributed by atoms with van der Waals surface area (Å²) >= 11 is 12.2. The van der Waals surface area contributed by atoms with Gasteiger partial charge in [-0.15, -0.1) is 0 Å². The van der Waals surface area contributed by atoms with Crippen LogP contribution in [0.3, 0.4) is 0 Å². The van der Waals surface area contributed by atoms with E-state index >= 15 is 4.39 Å². The highest BCUT2D eigenvalue weighted by Crippen LogP contribution is 2.54. The number of ether oxygens (including phenoxy) is 1. The van der Waals surface area contributed by atoms with Gasteiger partial charge >= 0.3 is 5.97 Å². The number of benzene rings is 2. The summed E-state index contributed by atoms with van der Waals surface area (Å²) in [6.45, 7) is 5.22. The number of hydrogen-bond donors (Lipinski definition) is 3. The zero-order valence-corrected chi connectivity index (χ0v) is 21.6. The van der Waals surface area contributed by atoms with Crippen LogP contribution in [0.15, 0.2) is 42.5 Å². The van der Waals surface area contributed by atoms with E-state index in [0.717, 1.165) is 0 Å². The van der Waals surface area contributed by atoms with E-state index in [9.17, 15) is 20.0 Å². The van der Waals surface area contributed by atoms with Crippen LogP contribution in [-0.4, -0.2) is 41.8 Å². The number of esters is 1. The van der Waals surface area contributed by atoms with Crippen molar-refractivity contribution < 1.29 is 23.8 Å². The molecular weight excluding hydrogens is 508 g/mol. The fourth-order valence-corrected chi connectivity index (χ4v) is 5.31. The first kappa shape index (κ1) is 27.9. The number of nitrogens with one attached hydrogen (secondary N) is 1. The van der Waals surface area contributed by atoms with Crippen molar-refractivity contribution in [3.63, 3.8) is 0 Å². The molecule has 192 valence electrons. The number of carbonyl (C=O) groups excluding carboxylic acids is 2. The van der Waals surface area contributed by atoms with E-state index in [2.05, 4.69) is 11.4 Å². The lowest BCUT2D eigenvalue weighted by Gasteiger charge is -2.40. The monoisotopic (exact) mass is 535 g/mol. The Bertz CT molecular complexity index is 1180. The van der Waals surface area contributed by atoms with Crippen LogP contribution in [0.25, 0.3) is 0 Å². The van der Waals surface area contributed by atoms with Crippen LogP contribution in [0.4, 0.5) is 4.39 Å². The summed E-state index contributed by atoms with van der Waals surface area (Å²) < 4.78 is 20.8. The van der Waals surface area contributed by atoms with Gasteiger partial charge in [-0.1, -0.05) is 68.2 Å². The van der Waals surface area contributed by atoms with E-state index < -0.39 is 65.7 Å². The van der Waals surface area contributed by atoms with Gasteiger partial charge in [-0.05, 0) is 34.7 Å². The van der Waals surface area contributed by atoms with E-state index in [0.29, 0.717) is 10.6 Å². The maximum absolute atomic E-state index is 15.5. The van der Waals surface area contributed by atoms with Crippen LogP contribution >= 0.6 is 23.2 Å².